The predicted molar refractivity (Wildman–Crippen MR) is 57.4 cm³/mol. The molecule has 1 aliphatic rings. The first-order chi connectivity index (χ1) is 6.92. The summed E-state index contributed by atoms with van der Waals surface area (Å²) in [5.74, 6) is 0.679. The molecule has 1 aromatic rings. The van der Waals surface area contributed by atoms with Crippen molar-refractivity contribution in [3.05, 3.63) is 18.2 Å². The lowest BCUT2D eigenvalue weighted by Gasteiger charge is -2.23. The Hall–Kier alpha value is -0.830. The monoisotopic (exact) mass is 193 g/mol. The maximum Gasteiger partial charge on any atom is 0.0948 e. The minimum Gasteiger partial charge on any atom is -0.334 e. The first kappa shape index (κ1) is 9.71. The molecule has 78 valence electrons. The molecule has 1 saturated heterocycles. The molecule has 0 saturated carbocycles. The van der Waals surface area contributed by atoms with Gasteiger partial charge in [0.2, 0.25) is 0 Å². The largest absolute Gasteiger partial charge is 0.334 e. The lowest BCUT2D eigenvalue weighted by Crippen LogP contribution is -2.29. The molecule has 0 aromatic carbocycles. The number of hydrogen-bond acceptors (Lipinski definition) is 2. The minimum absolute atomic E-state index is 0.679. The predicted octanol–water partition coefficient (Wildman–Crippen LogP) is 1.76. The van der Waals surface area contributed by atoms with Crippen LogP contribution in [0.4, 0.5) is 0 Å². The summed E-state index contributed by atoms with van der Waals surface area (Å²) in [6, 6.07) is 0. The van der Waals surface area contributed by atoms with Crippen LogP contribution in [-0.4, -0.2) is 22.6 Å². The van der Waals surface area contributed by atoms with Gasteiger partial charge in [0.1, 0.15) is 0 Å². The molecule has 0 radical (unpaired) electrons. The van der Waals surface area contributed by atoms with Crippen molar-refractivity contribution in [2.24, 2.45) is 0 Å². The average Bonchev–Trinajstić information content (AvgIpc) is 2.68. The molecule has 2 rings (SSSR count). The van der Waals surface area contributed by atoms with Crippen LogP contribution >= 0.6 is 0 Å². The second kappa shape index (κ2) is 4.60. The van der Waals surface area contributed by atoms with Gasteiger partial charge in [-0.25, -0.2) is 4.98 Å². The van der Waals surface area contributed by atoms with Gasteiger partial charge in [0.25, 0.3) is 0 Å². The van der Waals surface area contributed by atoms with Crippen molar-refractivity contribution < 1.29 is 0 Å². The number of hydrogen-bond donors (Lipinski definition) is 1. The fourth-order valence-corrected chi connectivity index (χ4v) is 2.20. The van der Waals surface area contributed by atoms with Gasteiger partial charge in [-0.05, 0) is 25.8 Å². The number of nitrogens with zero attached hydrogens (tertiary/aromatic N) is 2. The SMILES string of the molecule is CCCn1cncc1C1CCCNC1. The molecule has 1 aliphatic heterocycles. The van der Waals surface area contributed by atoms with Gasteiger partial charge in [0.05, 0.1) is 6.33 Å². The molecular weight excluding hydrogens is 174 g/mol. The van der Waals surface area contributed by atoms with Crippen molar-refractivity contribution in [2.45, 2.75) is 38.6 Å². The quantitative estimate of drug-likeness (QED) is 0.792. The third kappa shape index (κ3) is 1.98. The Balaban J connectivity index is 2.09. The molecule has 1 N–H and O–H groups in total. The molecule has 1 fully saturated rings. The Morgan fingerprint density at radius 1 is 1.64 bits per heavy atom. The van der Waals surface area contributed by atoms with Crippen LogP contribution in [0.1, 0.15) is 37.8 Å². The first-order valence-electron chi connectivity index (χ1n) is 5.62. The average molecular weight is 193 g/mol. The maximum absolute atomic E-state index is 4.25. The van der Waals surface area contributed by atoms with Gasteiger partial charge in [-0.2, -0.15) is 0 Å². The van der Waals surface area contributed by atoms with E-state index in [1.165, 1.54) is 31.5 Å². The summed E-state index contributed by atoms with van der Waals surface area (Å²) < 4.78 is 2.30. The summed E-state index contributed by atoms with van der Waals surface area (Å²) in [6.07, 6.45) is 7.79. The van der Waals surface area contributed by atoms with Crippen LogP contribution < -0.4 is 5.32 Å². The number of nitrogens with one attached hydrogen (secondary N) is 1. The molecule has 0 bridgehead atoms. The number of imidazole rings is 1. The zero-order valence-corrected chi connectivity index (χ0v) is 8.87. The molecule has 1 unspecified atom stereocenters. The van der Waals surface area contributed by atoms with E-state index < -0.39 is 0 Å². The van der Waals surface area contributed by atoms with E-state index in [-0.39, 0.29) is 0 Å². The zero-order chi connectivity index (χ0) is 9.80. The Morgan fingerprint density at radius 3 is 3.29 bits per heavy atom. The molecule has 1 aromatic heterocycles. The minimum atomic E-state index is 0.679. The second-order valence-corrected chi connectivity index (χ2v) is 4.06. The third-order valence-corrected chi connectivity index (χ3v) is 2.92. The number of aryl methyl sites for hydroxylation is 1. The van der Waals surface area contributed by atoms with Crippen LogP contribution in [0.2, 0.25) is 0 Å². The van der Waals surface area contributed by atoms with E-state index in [2.05, 4.69) is 21.8 Å². The van der Waals surface area contributed by atoms with Crippen molar-refractivity contribution in [1.29, 1.82) is 0 Å². The number of piperidine rings is 1. The van der Waals surface area contributed by atoms with Crippen molar-refractivity contribution in [3.8, 4) is 0 Å². The van der Waals surface area contributed by atoms with Gasteiger partial charge in [-0.3, -0.25) is 0 Å². The van der Waals surface area contributed by atoms with E-state index in [0.717, 1.165) is 13.1 Å². The summed E-state index contributed by atoms with van der Waals surface area (Å²) in [5.41, 5.74) is 1.42. The van der Waals surface area contributed by atoms with Gasteiger partial charge in [-0.1, -0.05) is 6.92 Å². The maximum atomic E-state index is 4.25. The van der Waals surface area contributed by atoms with Gasteiger partial charge in [-0.15, -0.1) is 0 Å². The van der Waals surface area contributed by atoms with Crippen molar-refractivity contribution in [2.75, 3.05) is 13.1 Å². The molecule has 1 atom stereocenters. The summed E-state index contributed by atoms with van der Waals surface area (Å²) in [7, 11) is 0. The van der Waals surface area contributed by atoms with Crippen LogP contribution in [-0.2, 0) is 6.54 Å². The van der Waals surface area contributed by atoms with Crippen molar-refractivity contribution in [1.82, 2.24) is 14.9 Å². The third-order valence-electron chi connectivity index (χ3n) is 2.92. The molecular formula is C11H19N3. The number of aromatic nitrogens is 2. The van der Waals surface area contributed by atoms with Crippen LogP contribution in [0.25, 0.3) is 0 Å². The lowest BCUT2D eigenvalue weighted by molar-refractivity contribution is 0.439. The van der Waals surface area contributed by atoms with Gasteiger partial charge < -0.3 is 9.88 Å². The van der Waals surface area contributed by atoms with E-state index in [1.54, 1.807) is 0 Å². The second-order valence-electron chi connectivity index (χ2n) is 4.06. The van der Waals surface area contributed by atoms with E-state index in [0.29, 0.717) is 5.92 Å². The van der Waals surface area contributed by atoms with Gasteiger partial charge in [0.15, 0.2) is 0 Å². The van der Waals surface area contributed by atoms with Crippen LogP contribution in [0.3, 0.4) is 0 Å². The van der Waals surface area contributed by atoms with Crippen LogP contribution in [0, 0.1) is 0 Å². The topological polar surface area (TPSA) is 29.9 Å². The fourth-order valence-electron chi connectivity index (χ4n) is 2.20. The Bertz CT molecular complexity index is 274. The van der Waals surface area contributed by atoms with E-state index in [1.807, 2.05) is 12.5 Å². The highest BCUT2D eigenvalue weighted by Crippen LogP contribution is 2.22. The fraction of sp³-hybridized carbons (Fsp3) is 0.727. The van der Waals surface area contributed by atoms with Crippen molar-refractivity contribution in [3.63, 3.8) is 0 Å². The molecule has 0 amide bonds. The highest BCUT2D eigenvalue weighted by atomic mass is 15.1. The zero-order valence-electron chi connectivity index (χ0n) is 8.87. The molecule has 3 heteroatoms. The van der Waals surface area contributed by atoms with Crippen LogP contribution in [0.15, 0.2) is 12.5 Å². The molecule has 14 heavy (non-hydrogen) atoms. The lowest BCUT2D eigenvalue weighted by atomic mass is 9.96. The van der Waals surface area contributed by atoms with Crippen LogP contribution in [0.5, 0.6) is 0 Å². The molecule has 0 aliphatic carbocycles. The van der Waals surface area contributed by atoms with E-state index >= 15 is 0 Å². The molecule has 3 nitrogen and oxygen atoms in total. The standard InChI is InChI=1S/C11H19N3/c1-2-6-14-9-13-8-11(14)10-4-3-5-12-7-10/h8-10,12H,2-7H2,1H3. The van der Waals surface area contributed by atoms with Gasteiger partial charge >= 0.3 is 0 Å². The Kier molecular flexibility index (Phi) is 3.19. The Labute approximate surface area is 85.5 Å². The normalized spacial score (nSPS) is 22.5. The summed E-state index contributed by atoms with van der Waals surface area (Å²) in [5, 5.41) is 3.45. The van der Waals surface area contributed by atoms with E-state index in [9.17, 15) is 0 Å². The smallest absolute Gasteiger partial charge is 0.0948 e. The number of rotatable bonds is 3. The van der Waals surface area contributed by atoms with E-state index in [4.69, 9.17) is 0 Å². The highest BCUT2D eigenvalue weighted by Gasteiger charge is 2.18. The summed E-state index contributed by atoms with van der Waals surface area (Å²) in [4.78, 5) is 4.25. The highest BCUT2D eigenvalue weighted by molar-refractivity contribution is 5.08. The molecule has 2 heterocycles. The van der Waals surface area contributed by atoms with Gasteiger partial charge in [0, 0.05) is 30.9 Å². The Morgan fingerprint density at radius 2 is 2.57 bits per heavy atom. The molecule has 0 spiro atoms. The summed E-state index contributed by atoms with van der Waals surface area (Å²) >= 11 is 0. The first-order valence-corrected chi connectivity index (χ1v) is 5.62. The van der Waals surface area contributed by atoms with Crippen molar-refractivity contribution >= 4 is 0 Å². The summed E-state index contributed by atoms with van der Waals surface area (Å²) in [6.45, 7) is 5.61.